The fourth-order valence-corrected chi connectivity index (χ4v) is 3.93. The summed E-state index contributed by atoms with van der Waals surface area (Å²) in [5.74, 6) is 0.828. The average Bonchev–Trinajstić information content (AvgIpc) is 2.31. The van der Waals surface area contributed by atoms with E-state index in [2.05, 4.69) is 4.98 Å². The number of hydrogen-bond acceptors (Lipinski definition) is 3. The number of rotatable bonds is 0. The Morgan fingerprint density at radius 3 is 3.18 bits per heavy atom. The molecule has 0 radical (unpaired) electrons. The molecule has 4 heteroatoms. The molecule has 1 unspecified atom stereocenters. The lowest BCUT2D eigenvalue weighted by Crippen LogP contribution is -2.13. The molecule has 1 atom stereocenters. The normalized spacial score (nSPS) is 23.3. The maximum absolute atomic E-state index is 11.4. The molecule has 0 amide bonds. The molecule has 1 aromatic rings. The average molecular weight is 187 g/mol. The quantitative estimate of drug-likeness (QED) is 0.577. The van der Waals surface area contributed by atoms with Crippen molar-refractivity contribution in [1.82, 2.24) is 4.98 Å². The monoisotopic (exact) mass is 187 g/mol. The van der Waals surface area contributed by atoms with Gasteiger partial charge in [0.05, 0.1) is 5.01 Å². The van der Waals surface area contributed by atoms with Crippen LogP contribution in [0.2, 0.25) is 0 Å². The first kappa shape index (κ1) is 7.58. The highest BCUT2D eigenvalue weighted by atomic mass is 32.2. The van der Waals surface area contributed by atoms with E-state index in [0.29, 0.717) is 0 Å². The summed E-state index contributed by atoms with van der Waals surface area (Å²) in [4.78, 5) is 4.33. The molecule has 0 aliphatic carbocycles. The SMILES string of the molecule is Cc1nc2c(s1)[S+]([O-])CCC2. The highest BCUT2D eigenvalue weighted by Gasteiger charge is 2.25. The predicted molar refractivity (Wildman–Crippen MR) is 46.4 cm³/mol. The summed E-state index contributed by atoms with van der Waals surface area (Å²) in [5, 5.41) is 1.05. The molecule has 0 N–H and O–H groups in total. The number of aromatic nitrogens is 1. The van der Waals surface area contributed by atoms with Crippen molar-refractivity contribution < 1.29 is 4.55 Å². The van der Waals surface area contributed by atoms with Gasteiger partial charge in [0, 0.05) is 6.42 Å². The first-order chi connectivity index (χ1) is 5.27. The van der Waals surface area contributed by atoms with Crippen LogP contribution in [-0.4, -0.2) is 15.3 Å². The molecule has 11 heavy (non-hydrogen) atoms. The summed E-state index contributed by atoms with van der Waals surface area (Å²) in [6, 6.07) is 0. The van der Waals surface area contributed by atoms with Gasteiger partial charge in [-0.2, -0.15) is 0 Å². The smallest absolute Gasteiger partial charge is 0.229 e. The molecule has 1 aromatic heterocycles. The van der Waals surface area contributed by atoms with E-state index in [1.807, 2.05) is 6.92 Å². The van der Waals surface area contributed by atoms with Gasteiger partial charge in [-0.1, -0.05) is 11.3 Å². The third kappa shape index (κ3) is 1.30. The summed E-state index contributed by atoms with van der Waals surface area (Å²) in [5.41, 5.74) is 1.08. The molecule has 0 aromatic carbocycles. The maximum atomic E-state index is 11.4. The lowest BCUT2D eigenvalue weighted by Gasteiger charge is -2.13. The minimum absolute atomic E-state index is 0.738. The Morgan fingerprint density at radius 1 is 1.64 bits per heavy atom. The molecule has 0 saturated heterocycles. The maximum Gasteiger partial charge on any atom is 0.229 e. The van der Waals surface area contributed by atoms with Gasteiger partial charge in [-0.15, -0.1) is 0 Å². The van der Waals surface area contributed by atoms with Crippen molar-refractivity contribution in [2.75, 3.05) is 5.75 Å². The van der Waals surface area contributed by atoms with Gasteiger partial charge in [-0.3, -0.25) is 0 Å². The van der Waals surface area contributed by atoms with Gasteiger partial charge >= 0.3 is 0 Å². The molecular formula is C7H9NOS2. The first-order valence-electron chi connectivity index (χ1n) is 3.62. The van der Waals surface area contributed by atoms with Crippen molar-refractivity contribution >= 4 is 22.5 Å². The fourth-order valence-electron chi connectivity index (χ4n) is 1.25. The fraction of sp³-hybridized carbons (Fsp3) is 0.571. The van der Waals surface area contributed by atoms with Gasteiger partial charge in [0.2, 0.25) is 4.21 Å². The van der Waals surface area contributed by atoms with Crippen molar-refractivity contribution in [3.8, 4) is 0 Å². The van der Waals surface area contributed by atoms with Crippen LogP contribution in [0.1, 0.15) is 17.1 Å². The second-order valence-corrected chi connectivity index (χ2v) is 5.59. The molecule has 0 saturated carbocycles. The molecule has 0 fully saturated rings. The highest BCUT2D eigenvalue weighted by Crippen LogP contribution is 2.29. The molecule has 1 aliphatic rings. The molecule has 2 nitrogen and oxygen atoms in total. The minimum atomic E-state index is -0.738. The highest BCUT2D eigenvalue weighted by molar-refractivity contribution is 7.93. The Morgan fingerprint density at radius 2 is 2.45 bits per heavy atom. The van der Waals surface area contributed by atoms with E-state index in [-0.39, 0.29) is 0 Å². The van der Waals surface area contributed by atoms with E-state index >= 15 is 0 Å². The lowest BCUT2D eigenvalue weighted by molar-refractivity contribution is 0.587. The van der Waals surface area contributed by atoms with Crippen LogP contribution < -0.4 is 0 Å². The molecule has 2 heterocycles. The standard InChI is InChI=1S/C7H9NOS2/c1-5-8-6-3-2-4-11(9)7(6)10-5/h2-4H2,1H3. The van der Waals surface area contributed by atoms with E-state index in [9.17, 15) is 4.55 Å². The van der Waals surface area contributed by atoms with E-state index in [4.69, 9.17) is 0 Å². The van der Waals surface area contributed by atoms with Gasteiger partial charge in [0.1, 0.15) is 11.4 Å². The van der Waals surface area contributed by atoms with E-state index < -0.39 is 11.2 Å². The van der Waals surface area contributed by atoms with Crippen LogP contribution in [0.4, 0.5) is 0 Å². The Balaban J connectivity index is 2.43. The summed E-state index contributed by atoms with van der Waals surface area (Å²) in [7, 11) is 0. The van der Waals surface area contributed by atoms with Gasteiger partial charge in [0.15, 0.2) is 0 Å². The predicted octanol–water partition coefficient (Wildman–Crippen LogP) is 1.51. The zero-order valence-corrected chi connectivity index (χ0v) is 7.93. The van der Waals surface area contributed by atoms with Crippen LogP contribution in [0.15, 0.2) is 4.21 Å². The van der Waals surface area contributed by atoms with Crippen molar-refractivity contribution in [3.05, 3.63) is 10.7 Å². The summed E-state index contributed by atoms with van der Waals surface area (Å²) >= 11 is 0.849. The molecule has 2 rings (SSSR count). The Hall–Kier alpha value is -0.0600. The summed E-state index contributed by atoms with van der Waals surface area (Å²) in [6.07, 6.45) is 2.05. The van der Waals surface area contributed by atoms with E-state index in [1.165, 1.54) is 0 Å². The van der Waals surface area contributed by atoms with Gasteiger partial charge in [-0.05, 0) is 24.5 Å². The Labute approximate surface area is 72.8 Å². The van der Waals surface area contributed by atoms with Crippen molar-refractivity contribution in [2.45, 2.75) is 24.0 Å². The largest absolute Gasteiger partial charge is 0.611 e. The zero-order chi connectivity index (χ0) is 7.84. The van der Waals surface area contributed by atoms with Crippen LogP contribution in [0.5, 0.6) is 0 Å². The number of nitrogens with zero attached hydrogens (tertiary/aromatic N) is 1. The second kappa shape index (κ2) is 2.77. The third-order valence-electron chi connectivity index (χ3n) is 1.72. The first-order valence-corrected chi connectivity index (χ1v) is 5.75. The van der Waals surface area contributed by atoms with Gasteiger partial charge in [0.25, 0.3) is 0 Å². The molecule has 0 bridgehead atoms. The molecule has 1 aliphatic heterocycles. The Bertz CT molecular complexity index is 271. The number of fused-ring (bicyclic) bond motifs is 1. The van der Waals surface area contributed by atoms with Crippen LogP contribution in [0.3, 0.4) is 0 Å². The lowest BCUT2D eigenvalue weighted by atomic mass is 10.3. The zero-order valence-electron chi connectivity index (χ0n) is 6.29. The summed E-state index contributed by atoms with van der Waals surface area (Å²) < 4.78 is 12.4. The van der Waals surface area contributed by atoms with Gasteiger partial charge < -0.3 is 4.55 Å². The van der Waals surface area contributed by atoms with Crippen LogP contribution in [0.25, 0.3) is 0 Å². The third-order valence-corrected chi connectivity index (χ3v) is 4.64. The van der Waals surface area contributed by atoms with Crippen molar-refractivity contribution in [2.24, 2.45) is 0 Å². The topological polar surface area (TPSA) is 36.0 Å². The minimum Gasteiger partial charge on any atom is -0.611 e. The molecule has 0 spiro atoms. The van der Waals surface area contributed by atoms with E-state index in [1.54, 1.807) is 11.3 Å². The Kier molecular flexibility index (Phi) is 1.91. The number of thiazole rings is 1. The molecule has 60 valence electrons. The van der Waals surface area contributed by atoms with Crippen LogP contribution in [-0.2, 0) is 17.6 Å². The van der Waals surface area contributed by atoms with Crippen molar-refractivity contribution in [1.29, 1.82) is 0 Å². The van der Waals surface area contributed by atoms with E-state index in [0.717, 1.165) is 33.5 Å². The van der Waals surface area contributed by atoms with Crippen LogP contribution >= 0.6 is 11.3 Å². The number of hydrogen-bond donors (Lipinski definition) is 0. The van der Waals surface area contributed by atoms with Crippen molar-refractivity contribution in [3.63, 3.8) is 0 Å². The van der Waals surface area contributed by atoms with Gasteiger partial charge in [-0.25, -0.2) is 4.98 Å². The molecular weight excluding hydrogens is 178 g/mol. The van der Waals surface area contributed by atoms with Crippen LogP contribution in [0, 0.1) is 6.92 Å². The number of aryl methyl sites for hydroxylation is 2. The second-order valence-electron chi connectivity index (χ2n) is 2.62. The summed E-state index contributed by atoms with van der Waals surface area (Å²) in [6.45, 7) is 1.97.